The fourth-order valence-electron chi connectivity index (χ4n) is 5.01. The van der Waals surface area contributed by atoms with Crippen LogP contribution in [0.5, 0.6) is 0 Å². The lowest BCUT2D eigenvalue weighted by Gasteiger charge is -2.16. The van der Waals surface area contributed by atoms with Crippen LogP contribution in [0.1, 0.15) is 77.4 Å². The van der Waals surface area contributed by atoms with Crippen LogP contribution in [0.25, 0.3) is 11.1 Å². The van der Waals surface area contributed by atoms with Crippen LogP contribution in [0.3, 0.4) is 0 Å². The molecule has 0 aliphatic heterocycles. The molecule has 4 aromatic carbocycles. The summed E-state index contributed by atoms with van der Waals surface area (Å²) in [6, 6.07) is 34.7. The van der Waals surface area contributed by atoms with Crippen LogP contribution in [-0.2, 0) is 11.2 Å². The van der Waals surface area contributed by atoms with Crippen LogP contribution in [0.2, 0.25) is 0 Å². The first-order valence-corrected chi connectivity index (χ1v) is 14.8. The van der Waals surface area contributed by atoms with Crippen molar-refractivity contribution in [2.45, 2.75) is 53.9 Å². The maximum absolute atomic E-state index is 11.9. The van der Waals surface area contributed by atoms with E-state index in [2.05, 4.69) is 74.5 Å². The highest BCUT2D eigenvalue weighted by Crippen LogP contribution is 2.32. The molecule has 3 heteroatoms. The number of carbonyl (C=O) groups excluding carboxylic acids is 1. The number of rotatable bonds is 9. The molecule has 43 heavy (non-hydrogen) atoms. The smallest absolute Gasteiger partial charge is 0.337 e. The van der Waals surface area contributed by atoms with E-state index < -0.39 is 0 Å². The highest BCUT2D eigenvalue weighted by atomic mass is 16.5. The molecule has 0 spiro atoms. The van der Waals surface area contributed by atoms with E-state index in [1.54, 1.807) is 6.92 Å². The Labute approximate surface area is 257 Å². The highest BCUT2D eigenvalue weighted by Gasteiger charge is 2.14. The van der Waals surface area contributed by atoms with Crippen molar-refractivity contribution in [2.75, 3.05) is 7.11 Å². The van der Waals surface area contributed by atoms with Crippen LogP contribution in [0.15, 0.2) is 127 Å². The second-order valence-corrected chi connectivity index (χ2v) is 10.7. The Hall–Kier alpha value is -4.63. The van der Waals surface area contributed by atoms with Crippen molar-refractivity contribution in [1.29, 1.82) is 0 Å². The SMILES string of the molecule is C/C=C(C)\C(=C(\C)O)c1ccc(/C(=C\CCCc2ccccc2)c2ccc(C(=O)OC)cc2)c(C)c1.Cc1ccccc1. The molecule has 4 rings (SSSR count). The Bertz CT molecular complexity index is 1550. The van der Waals surface area contributed by atoms with Gasteiger partial charge in [-0.15, -0.1) is 0 Å². The molecule has 0 bridgehead atoms. The van der Waals surface area contributed by atoms with E-state index >= 15 is 0 Å². The first kappa shape index (κ1) is 32.9. The molecule has 222 valence electrons. The zero-order chi connectivity index (χ0) is 31.2. The van der Waals surface area contributed by atoms with Gasteiger partial charge in [-0.3, -0.25) is 0 Å². The Balaban J connectivity index is 0.000000633. The van der Waals surface area contributed by atoms with Crippen LogP contribution in [-0.4, -0.2) is 18.2 Å². The molecule has 0 fully saturated rings. The summed E-state index contributed by atoms with van der Waals surface area (Å²) in [5.74, 6) is -0.0265. The normalized spacial score (nSPS) is 12.1. The van der Waals surface area contributed by atoms with Crippen LogP contribution in [0.4, 0.5) is 0 Å². The summed E-state index contributed by atoms with van der Waals surface area (Å²) in [6.07, 6.45) is 7.31. The largest absolute Gasteiger partial charge is 0.512 e. The number of methoxy groups -OCH3 is 1. The molecule has 0 saturated carbocycles. The van der Waals surface area contributed by atoms with E-state index in [0.717, 1.165) is 58.2 Å². The molecule has 0 radical (unpaired) electrons. The molecule has 0 atom stereocenters. The second kappa shape index (κ2) is 16.7. The predicted molar refractivity (Wildman–Crippen MR) is 181 cm³/mol. The number of hydrogen-bond acceptors (Lipinski definition) is 3. The van der Waals surface area contributed by atoms with Gasteiger partial charge in [-0.1, -0.05) is 109 Å². The molecule has 0 aliphatic carbocycles. The summed E-state index contributed by atoms with van der Waals surface area (Å²) < 4.78 is 4.86. The lowest BCUT2D eigenvalue weighted by molar-refractivity contribution is 0.0600. The summed E-state index contributed by atoms with van der Waals surface area (Å²) in [5.41, 5.74) is 10.5. The Morgan fingerprint density at radius 3 is 1.88 bits per heavy atom. The van der Waals surface area contributed by atoms with E-state index in [1.165, 1.54) is 18.2 Å². The highest BCUT2D eigenvalue weighted by molar-refractivity contribution is 5.91. The first-order valence-electron chi connectivity index (χ1n) is 14.8. The molecular formula is C40H44O3. The van der Waals surface area contributed by atoms with Gasteiger partial charge in [-0.05, 0) is 105 Å². The van der Waals surface area contributed by atoms with E-state index in [-0.39, 0.29) is 5.97 Å². The van der Waals surface area contributed by atoms with Gasteiger partial charge in [0.05, 0.1) is 18.4 Å². The van der Waals surface area contributed by atoms with E-state index in [4.69, 9.17) is 4.74 Å². The first-order chi connectivity index (χ1) is 20.7. The third-order valence-electron chi connectivity index (χ3n) is 7.41. The Morgan fingerprint density at radius 2 is 1.37 bits per heavy atom. The van der Waals surface area contributed by atoms with Crippen molar-refractivity contribution >= 4 is 17.1 Å². The summed E-state index contributed by atoms with van der Waals surface area (Å²) in [6.45, 7) is 9.91. The van der Waals surface area contributed by atoms with E-state index in [0.29, 0.717) is 11.3 Å². The number of benzene rings is 4. The van der Waals surface area contributed by atoms with Gasteiger partial charge in [-0.2, -0.15) is 0 Å². The van der Waals surface area contributed by atoms with Gasteiger partial charge in [-0.25, -0.2) is 4.79 Å². The molecule has 4 aromatic rings. The molecule has 0 unspecified atom stereocenters. The van der Waals surface area contributed by atoms with Crippen LogP contribution < -0.4 is 0 Å². The zero-order valence-electron chi connectivity index (χ0n) is 26.4. The van der Waals surface area contributed by atoms with Crippen molar-refractivity contribution in [1.82, 2.24) is 0 Å². The quantitative estimate of drug-likeness (QED) is 0.0939. The minimum absolute atomic E-state index is 0.313. The number of ether oxygens (including phenoxy) is 1. The third kappa shape index (κ3) is 9.72. The van der Waals surface area contributed by atoms with Crippen molar-refractivity contribution in [3.63, 3.8) is 0 Å². The van der Waals surface area contributed by atoms with Crippen molar-refractivity contribution in [2.24, 2.45) is 0 Å². The van der Waals surface area contributed by atoms with Gasteiger partial charge in [0.25, 0.3) is 0 Å². The van der Waals surface area contributed by atoms with Gasteiger partial charge in [0, 0.05) is 5.57 Å². The molecular weight excluding hydrogens is 528 g/mol. The molecule has 0 heterocycles. The number of unbranched alkanes of at least 4 members (excludes halogenated alkanes) is 1. The van der Waals surface area contributed by atoms with Gasteiger partial charge in [0.1, 0.15) is 0 Å². The van der Waals surface area contributed by atoms with Crippen molar-refractivity contribution < 1.29 is 14.6 Å². The lowest BCUT2D eigenvalue weighted by atomic mass is 9.89. The number of aryl methyl sites for hydroxylation is 3. The molecule has 1 N–H and O–H groups in total. The fraction of sp³-hybridized carbons (Fsp3) is 0.225. The zero-order valence-corrected chi connectivity index (χ0v) is 26.4. The van der Waals surface area contributed by atoms with Crippen molar-refractivity contribution in [3.05, 3.63) is 166 Å². The molecule has 0 amide bonds. The summed E-state index contributed by atoms with van der Waals surface area (Å²) in [7, 11) is 1.39. The molecule has 0 aliphatic rings. The van der Waals surface area contributed by atoms with Crippen LogP contribution >= 0.6 is 0 Å². The number of aliphatic hydroxyl groups excluding tert-OH is 1. The van der Waals surface area contributed by atoms with E-state index in [9.17, 15) is 9.90 Å². The summed E-state index contributed by atoms with van der Waals surface area (Å²) in [4.78, 5) is 11.9. The standard InChI is InChI=1S/C33H36O3.C7H8/c1-6-23(2)32(25(4)34)29-20-21-30(24(3)22-29)31(15-11-10-14-26-12-8-7-9-13-26)27-16-18-28(19-17-27)33(35)36-5;1-7-5-3-2-4-6-7/h6-9,12-13,15-22,34H,10-11,14H2,1-5H3;2-6H,1H3/b23-6-,31-15-,32-25+;. The molecule has 0 aromatic heterocycles. The maximum Gasteiger partial charge on any atom is 0.337 e. The number of aliphatic hydroxyl groups is 1. The summed E-state index contributed by atoms with van der Waals surface area (Å²) >= 11 is 0. The van der Waals surface area contributed by atoms with Gasteiger partial charge in [0.15, 0.2) is 0 Å². The minimum Gasteiger partial charge on any atom is -0.512 e. The second-order valence-electron chi connectivity index (χ2n) is 10.7. The van der Waals surface area contributed by atoms with Gasteiger partial charge >= 0.3 is 5.97 Å². The van der Waals surface area contributed by atoms with Gasteiger partial charge < -0.3 is 9.84 Å². The van der Waals surface area contributed by atoms with Gasteiger partial charge in [0.2, 0.25) is 0 Å². The number of hydrogen-bond donors (Lipinski definition) is 1. The predicted octanol–water partition coefficient (Wildman–Crippen LogP) is 10.5. The average molecular weight is 573 g/mol. The number of allylic oxidation sites excluding steroid dienone is 5. The Morgan fingerprint density at radius 1 is 0.791 bits per heavy atom. The van der Waals surface area contributed by atoms with E-state index in [1.807, 2.05) is 68.5 Å². The topological polar surface area (TPSA) is 46.5 Å². The Kier molecular flexibility index (Phi) is 12.8. The third-order valence-corrected chi connectivity index (χ3v) is 7.41. The molecule has 3 nitrogen and oxygen atoms in total. The lowest BCUT2D eigenvalue weighted by Crippen LogP contribution is -2.01. The minimum atomic E-state index is -0.339. The number of carbonyl (C=O) groups is 1. The van der Waals surface area contributed by atoms with Crippen molar-refractivity contribution in [3.8, 4) is 0 Å². The average Bonchev–Trinajstić information content (AvgIpc) is 3.02. The monoisotopic (exact) mass is 572 g/mol. The molecule has 0 saturated heterocycles. The number of esters is 1. The van der Waals surface area contributed by atoms with Crippen LogP contribution in [0, 0.1) is 13.8 Å². The summed E-state index contributed by atoms with van der Waals surface area (Å²) in [5, 5.41) is 10.3. The fourth-order valence-corrected chi connectivity index (χ4v) is 5.01. The maximum atomic E-state index is 11.9.